The number of piperazine rings is 1. The number of nitrogens with zero attached hydrogens (tertiary/aromatic N) is 1. The van der Waals surface area contributed by atoms with Gasteiger partial charge in [-0.2, -0.15) is 0 Å². The van der Waals surface area contributed by atoms with Crippen molar-refractivity contribution in [3.63, 3.8) is 0 Å². The smallest absolute Gasteiger partial charge is 0.234 e. The van der Waals surface area contributed by atoms with Crippen molar-refractivity contribution in [1.82, 2.24) is 15.5 Å². The molecule has 1 aliphatic heterocycles. The third kappa shape index (κ3) is 3.69. The van der Waals surface area contributed by atoms with E-state index in [2.05, 4.69) is 29.4 Å². The summed E-state index contributed by atoms with van der Waals surface area (Å²) < 4.78 is 0. The van der Waals surface area contributed by atoms with Crippen molar-refractivity contribution < 1.29 is 4.79 Å². The Labute approximate surface area is 110 Å². The zero-order chi connectivity index (χ0) is 13.0. The van der Waals surface area contributed by atoms with Crippen LogP contribution in [0.4, 0.5) is 0 Å². The molecule has 2 aliphatic rings. The molecule has 0 bridgehead atoms. The van der Waals surface area contributed by atoms with Gasteiger partial charge >= 0.3 is 0 Å². The molecule has 1 atom stereocenters. The van der Waals surface area contributed by atoms with Gasteiger partial charge in [-0.3, -0.25) is 9.69 Å². The highest BCUT2D eigenvalue weighted by atomic mass is 16.2. The molecule has 18 heavy (non-hydrogen) atoms. The molecule has 0 spiro atoms. The van der Waals surface area contributed by atoms with Crippen molar-refractivity contribution in [2.75, 3.05) is 32.7 Å². The first kappa shape index (κ1) is 13.8. The molecule has 104 valence electrons. The lowest BCUT2D eigenvalue weighted by Gasteiger charge is -2.39. The number of rotatable bonds is 3. The number of hydrogen-bond acceptors (Lipinski definition) is 3. The number of hydrogen-bond donors (Lipinski definition) is 2. The summed E-state index contributed by atoms with van der Waals surface area (Å²) in [6.07, 6.45) is 4.92. The first-order chi connectivity index (χ1) is 8.58. The number of nitrogens with one attached hydrogen (secondary N) is 2. The first-order valence-electron chi connectivity index (χ1n) is 7.30. The molecule has 0 aromatic rings. The normalized spacial score (nSPS) is 28.9. The third-order valence-electron chi connectivity index (χ3n) is 4.42. The molecule has 1 saturated heterocycles. The SMILES string of the molecule is CC1(C)CCCCC1NC(=O)CN1CCNCC1. The van der Waals surface area contributed by atoms with Crippen LogP contribution in [0.25, 0.3) is 0 Å². The molecule has 2 N–H and O–H groups in total. The van der Waals surface area contributed by atoms with E-state index in [9.17, 15) is 4.79 Å². The number of carbonyl (C=O) groups excluding carboxylic acids is 1. The molecule has 4 heteroatoms. The van der Waals surface area contributed by atoms with Crippen molar-refractivity contribution >= 4 is 5.91 Å². The molecule has 1 saturated carbocycles. The van der Waals surface area contributed by atoms with Gasteiger partial charge in [-0.1, -0.05) is 26.7 Å². The van der Waals surface area contributed by atoms with Gasteiger partial charge in [-0.25, -0.2) is 0 Å². The van der Waals surface area contributed by atoms with Crippen molar-refractivity contribution in [1.29, 1.82) is 0 Å². The predicted molar refractivity (Wildman–Crippen MR) is 73.5 cm³/mol. The monoisotopic (exact) mass is 253 g/mol. The summed E-state index contributed by atoms with van der Waals surface area (Å²) in [5.41, 5.74) is 0.261. The second-order valence-corrected chi connectivity index (χ2v) is 6.38. The average molecular weight is 253 g/mol. The van der Waals surface area contributed by atoms with E-state index < -0.39 is 0 Å². The lowest BCUT2D eigenvalue weighted by Crippen LogP contribution is -2.52. The standard InChI is InChI=1S/C14H27N3O/c1-14(2)6-4-3-5-12(14)16-13(18)11-17-9-7-15-8-10-17/h12,15H,3-11H2,1-2H3,(H,16,18). The number of carbonyl (C=O) groups is 1. The van der Waals surface area contributed by atoms with Crippen LogP contribution in [0.2, 0.25) is 0 Å². The maximum atomic E-state index is 12.1. The lowest BCUT2D eigenvalue weighted by atomic mass is 9.73. The van der Waals surface area contributed by atoms with Crippen LogP contribution in [-0.4, -0.2) is 49.6 Å². The minimum Gasteiger partial charge on any atom is -0.352 e. The fourth-order valence-corrected chi connectivity index (χ4v) is 3.07. The van der Waals surface area contributed by atoms with Crippen LogP contribution < -0.4 is 10.6 Å². The van der Waals surface area contributed by atoms with Gasteiger partial charge in [-0.15, -0.1) is 0 Å². The molecule has 1 heterocycles. The van der Waals surface area contributed by atoms with Crippen molar-refractivity contribution in [2.24, 2.45) is 5.41 Å². The van der Waals surface area contributed by atoms with Crippen LogP contribution in [0, 0.1) is 5.41 Å². The Balaban J connectivity index is 1.79. The maximum absolute atomic E-state index is 12.1. The van der Waals surface area contributed by atoms with E-state index in [1.165, 1.54) is 19.3 Å². The van der Waals surface area contributed by atoms with Crippen LogP contribution in [-0.2, 0) is 4.79 Å². The summed E-state index contributed by atoms with van der Waals surface area (Å²) in [7, 11) is 0. The summed E-state index contributed by atoms with van der Waals surface area (Å²) in [6.45, 7) is 9.10. The lowest BCUT2D eigenvalue weighted by molar-refractivity contribution is -0.124. The molecule has 0 aromatic carbocycles. The molecule has 0 aromatic heterocycles. The first-order valence-corrected chi connectivity index (χ1v) is 7.30. The van der Waals surface area contributed by atoms with E-state index in [1.807, 2.05) is 0 Å². The van der Waals surface area contributed by atoms with Crippen LogP contribution in [0.1, 0.15) is 39.5 Å². The third-order valence-corrected chi connectivity index (χ3v) is 4.42. The highest BCUT2D eigenvalue weighted by Gasteiger charge is 2.33. The Morgan fingerprint density at radius 3 is 2.72 bits per heavy atom. The Bertz CT molecular complexity index is 285. The van der Waals surface area contributed by atoms with Crippen LogP contribution in [0.15, 0.2) is 0 Å². The number of amides is 1. The molecular weight excluding hydrogens is 226 g/mol. The highest BCUT2D eigenvalue weighted by molar-refractivity contribution is 5.78. The van der Waals surface area contributed by atoms with E-state index in [4.69, 9.17) is 0 Å². The Morgan fingerprint density at radius 1 is 1.33 bits per heavy atom. The summed E-state index contributed by atoms with van der Waals surface area (Å²) in [5.74, 6) is 0.205. The summed E-state index contributed by atoms with van der Waals surface area (Å²) >= 11 is 0. The highest BCUT2D eigenvalue weighted by Crippen LogP contribution is 2.35. The van der Waals surface area contributed by atoms with Crippen LogP contribution >= 0.6 is 0 Å². The quantitative estimate of drug-likeness (QED) is 0.788. The van der Waals surface area contributed by atoms with Gasteiger partial charge in [0, 0.05) is 32.2 Å². The topological polar surface area (TPSA) is 44.4 Å². The fourth-order valence-electron chi connectivity index (χ4n) is 3.07. The van der Waals surface area contributed by atoms with Crippen molar-refractivity contribution in [3.8, 4) is 0 Å². The molecule has 2 rings (SSSR count). The van der Waals surface area contributed by atoms with E-state index in [0.29, 0.717) is 12.6 Å². The van der Waals surface area contributed by atoms with Gasteiger partial charge in [0.1, 0.15) is 0 Å². The summed E-state index contributed by atoms with van der Waals surface area (Å²) in [4.78, 5) is 14.3. The molecule has 4 nitrogen and oxygen atoms in total. The second-order valence-electron chi connectivity index (χ2n) is 6.38. The molecular formula is C14H27N3O. The average Bonchev–Trinajstić information content (AvgIpc) is 2.33. The molecule has 1 unspecified atom stereocenters. The maximum Gasteiger partial charge on any atom is 0.234 e. The molecule has 1 amide bonds. The van der Waals surface area contributed by atoms with Gasteiger partial charge in [-0.05, 0) is 18.3 Å². The molecule has 1 aliphatic carbocycles. The Morgan fingerprint density at radius 2 is 2.06 bits per heavy atom. The fraction of sp³-hybridized carbons (Fsp3) is 0.929. The van der Waals surface area contributed by atoms with Crippen molar-refractivity contribution in [3.05, 3.63) is 0 Å². The van der Waals surface area contributed by atoms with Crippen LogP contribution in [0.5, 0.6) is 0 Å². The zero-order valence-electron chi connectivity index (χ0n) is 11.8. The van der Waals surface area contributed by atoms with E-state index in [0.717, 1.165) is 32.6 Å². The Hall–Kier alpha value is -0.610. The van der Waals surface area contributed by atoms with Crippen molar-refractivity contribution in [2.45, 2.75) is 45.6 Å². The largest absolute Gasteiger partial charge is 0.352 e. The van der Waals surface area contributed by atoms with E-state index in [1.54, 1.807) is 0 Å². The van der Waals surface area contributed by atoms with Gasteiger partial charge < -0.3 is 10.6 Å². The zero-order valence-corrected chi connectivity index (χ0v) is 11.8. The molecule has 0 radical (unpaired) electrons. The predicted octanol–water partition coefficient (Wildman–Crippen LogP) is 0.977. The summed E-state index contributed by atoms with van der Waals surface area (Å²) in [5, 5.41) is 6.56. The second kappa shape index (κ2) is 6.02. The van der Waals surface area contributed by atoms with E-state index >= 15 is 0 Å². The minimum atomic E-state index is 0.205. The van der Waals surface area contributed by atoms with Gasteiger partial charge in [0.2, 0.25) is 5.91 Å². The van der Waals surface area contributed by atoms with Gasteiger partial charge in [0.15, 0.2) is 0 Å². The van der Waals surface area contributed by atoms with Crippen LogP contribution in [0.3, 0.4) is 0 Å². The van der Waals surface area contributed by atoms with E-state index in [-0.39, 0.29) is 11.3 Å². The molecule has 2 fully saturated rings. The van der Waals surface area contributed by atoms with Gasteiger partial charge in [0.25, 0.3) is 0 Å². The summed E-state index contributed by atoms with van der Waals surface area (Å²) in [6, 6.07) is 0.363. The Kier molecular flexibility index (Phi) is 4.62. The minimum absolute atomic E-state index is 0.205. The van der Waals surface area contributed by atoms with Gasteiger partial charge in [0.05, 0.1) is 6.54 Å².